The van der Waals surface area contributed by atoms with Crippen LogP contribution in [0.2, 0.25) is 0 Å². The molecule has 0 aromatic heterocycles. The summed E-state index contributed by atoms with van der Waals surface area (Å²) in [5.41, 5.74) is -1.18. The largest absolute Gasteiger partial charge is 0.396 e. The van der Waals surface area contributed by atoms with E-state index in [4.69, 9.17) is 5.11 Å². The average molecular weight is 226 g/mol. The lowest BCUT2D eigenvalue weighted by atomic mass is 9.86. The van der Waals surface area contributed by atoms with Crippen LogP contribution in [0.15, 0.2) is 30.3 Å². The van der Waals surface area contributed by atoms with Crippen LogP contribution in [-0.4, -0.2) is 39.7 Å². The molecule has 16 heavy (non-hydrogen) atoms. The van der Waals surface area contributed by atoms with Gasteiger partial charge in [0.25, 0.3) is 0 Å². The van der Waals surface area contributed by atoms with Crippen LogP contribution in [0.4, 0.5) is 0 Å². The highest BCUT2D eigenvalue weighted by molar-refractivity contribution is 5.23. The van der Waals surface area contributed by atoms with E-state index in [-0.39, 0.29) is 13.0 Å². The molecule has 1 aromatic rings. The van der Waals surface area contributed by atoms with Gasteiger partial charge >= 0.3 is 0 Å². The Balaban J connectivity index is 2.84. The van der Waals surface area contributed by atoms with Gasteiger partial charge in [0.1, 0.15) is 5.60 Å². The van der Waals surface area contributed by atoms with Crippen LogP contribution < -0.4 is 0 Å². The van der Waals surface area contributed by atoms with Gasteiger partial charge in [0.05, 0.1) is 12.7 Å². The smallest absolute Gasteiger partial charge is 0.138 e. The maximum absolute atomic E-state index is 10.2. The lowest BCUT2D eigenvalue weighted by Crippen LogP contribution is -2.43. The van der Waals surface area contributed by atoms with E-state index < -0.39 is 18.3 Å². The summed E-state index contributed by atoms with van der Waals surface area (Å²) in [6, 6.07) is 8.56. The summed E-state index contributed by atoms with van der Waals surface area (Å²) >= 11 is 0. The number of rotatable bonds is 6. The molecule has 0 unspecified atom stereocenters. The summed E-state index contributed by atoms with van der Waals surface area (Å²) in [5.74, 6) is 0. The van der Waals surface area contributed by atoms with Gasteiger partial charge in [-0.2, -0.15) is 0 Å². The Labute approximate surface area is 94.8 Å². The minimum absolute atomic E-state index is 0.0483. The van der Waals surface area contributed by atoms with Gasteiger partial charge in [0.2, 0.25) is 0 Å². The first kappa shape index (κ1) is 13.1. The van der Waals surface area contributed by atoms with E-state index in [1.165, 1.54) is 0 Å². The van der Waals surface area contributed by atoms with E-state index in [9.17, 15) is 15.3 Å². The van der Waals surface area contributed by atoms with E-state index >= 15 is 0 Å². The van der Waals surface area contributed by atoms with Crippen molar-refractivity contribution in [2.75, 3.05) is 13.2 Å². The zero-order chi connectivity index (χ0) is 12.0. The minimum atomic E-state index is -1.66. The molecule has 4 nitrogen and oxygen atoms in total. The van der Waals surface area contributed by atoms with Crippen molar-refractivity contribution in [3.63, 3.8) is 0 Å². The number of benzene rings is 1. The van der Waals surface area contributed by atoms with Crippen LogP contribution in [0.3, 0.4) is 0 Å². The molecule has 4 N–H and O–H groups in total. The molecular formula is C12H18O4. The molecule has 0 aliphatic carbocycles. The van der Waals surface area contributed by atoms with E-state index in [0.29, 0.717) is 12.0 Å². The molecule has 1 aromatic carbocycles. The Morgan fingerprint density at radius 2 is 1.75 bits per heavy atom. The lowest BCUT2D eigenvalue weighted by Gasteiger charge is -2.31. The molecule has 90 valence electrons. The molecule has 1 rings (SSSR count). The third kappa shape index (κ3) is 2.80. The first-order valence-electron chi connectivity index (χ1n) is 5.33. The van der Waals surface area contributed by atoms with Gasteiger partial charge < -0.3 is 20.4 Å². The monoisotopic (exact) mass is 226 g/mol. The first-order chi connectivity index (χ1) is 7.65. The van der Waals surface area contributed by atoms with Crippen LogP contribution in [0.1, 0.15) is 18.4 Å². The SMILES string of the molecule is OCCC[C@@H](O)[C@](O)(CO)c1ccccc1. The van der Waals surface area contributed by atoms with Crippen molar-refractivity contribution >= 4 is 0 Å². The molecule has 0 amide bonds. The number of hydrogen-bond donors (Lipinski definition) is 4. The number of aliphatic hydroxyl groups excluding tert-OH is 3. The molecule has 0 radical (unpaired) electrons. The highest BCUT2D eigenvalue weighted by Crippen LogP contribution is 2.26. The molecular weight excluding hydrogens is 208 g/mol. The Morgan fingerprint density at radius 3 is 2.25 bits per heavy atom. The Hall–Kier alpha value is -0.940. The van der Waals surface area contributed by atoms with Crippen LogP contribution >= 0.6 is 0 Å². The van der Waals surface area contributed by atoms with Gasteiger partial charge in [-0.05, 0) is 18.4 Å². The molecule has 0 spiro atoms. The summed E-state index contributed by atoms with van der Waals surface area (Å²) in [7, 11) is 0. The molecule has 0 aliphatic rings. The summed E-state index contributed by atoms with van der Waals surface area (Å²) in [6.45, 7) is -0.600. The summed E-state index contributed by atoms with van der Waals surface area (Å²) in [5, 5.41) is 37.9. The zero-order valence-electron chi connectivity index (χ0n) is 9.08. The van der Waals surface area contributed by atoms with Crippen molar-refractivity contribution in [2.45, 2.75) is 24.5 Å². The maximum atomic E-state index is 10.2. The van der Waals surface area contributed by atoms with Gasteiger partial charge in [0, 0.05) is 6.61 Å². The normalized spacial score (nSPS) is 16.8. The van der Waals surface area contributed by atoms with Crippen molar-refractivity contribution in [1.82, 2.24) is 0 Å². The summed E-state index contributed by atoms with van der Waals surface area (Å²) in [6.07, 6.45) is -0.467. The fraction of sp³-hybridized carbons (Fsp3) is 0.500. The molecule has 0 saturated carbocycles. The van der Waals surface area contributed by atoms with Crippen LogP contribution in [0.25, 0.3) is 0 Å². The van der Waals surface area contributed by atoms with Crippen LogP contribution in [0, 0.1) is 0 Å². The highest BCUT2D eigenvalue weighted by Gasteiger charge is 2.36. The number of hydrogen-bond acceptors (Lipinski definition) is 4. The summed E-state index contributed by atoms with van der Waals surface area (Å²) in [4.78, 5) is 0. The number of aliphatic hydroxyl groups is 4. The Morgan fingerprint density at radius 1 is 1.12 bits per heavy atom. The topological polar surface area (TPSA) is 80.9 Å². The van der Waals surface area contributed by atoms with Crippen molar-refractivity contribution in [1.29, 1.82) is 0 Å². The minimum Gasteiger partial charge on any atom is -0.396 e. The zero-order valence-corrected chi connectivity index (χ0v) is 9.08. The Bertz CT molecular complexity index is 301. The van der Waals surface area contributed by atoms with Crippen molar-refractivity contribution < 1.29 is 20.4 Å². The molecule has 0 fully saturated rings. The molecule has 0 bridgehead atoms. The quantitative estimate of drug-likeness (QED) is 0.550. The molecule has 2 atom stereocenters. The predicted octanol–water partition coefficient (Wildman–Crippen LogP) is -0.0001000. The van der Waals surface area contributed by atoms with Crippen molar-refractivity contribution in [2.24, 2.45) is 0 Å². The highest BCUT2D eigenvalue weighted by atomic mass is 16.4. The van der Waals surface area contributed by atoms with E-state index in [1.54, 1.807) is 30.3 Å². The second-order valence-electron chi connectivity index (χ2n) is 3.83. The fourth-order valence-corrected chi connectivity index (χ4v) is 1.64. The van der Waals surface area contributed by atoms with Crippen molar-refractivity contribution in [3.8, 4) is 0 Å². The van der Waals surface area contributed by atoms with E-state index in [2.05, 4.69) is 0 Å². The third-order valence-electron chi connectivity index (χ3n) is 2.70. The van der Waals surface area contributed by atoms with Gasteiger partial charge in [-0.25, -0.2) is 0 Å². The van der Waals surface area contributed by atoms with Gasteiger partial charge in [-0.1, -0.05) is 30.3 Å². The fourth-order valence-electron chi connectivity index (χ4n) is 1.64. The van der Waals surface area contributed by atoms with Gasteiger partial charge in [0.15, 0.2) is 0 Å². The second-order valence-corrected chi connectivity index (χ2v) is 3.83. The van der Waals surface area contributed by atoms with Crippen LogP contribution in [0.5, 0.6) is 0 Å². The molecule has 4 heteroatoms. The molecule has 0 heterocycles. The van der Waals surface area contributed by atoms with Crippen molar-refractivity contribution in [3.05, 3.63) is 35.9 Å². The van der Waals surface area contributed by atoms with E-state index in [0.717, 1.165) is 0 Å². The lowest BCUT2D eigenvalue weighted by molar-refractivity contribution is -0.115. The molecule has 0 aliphatic heterocycles. The van der Waals surface area contributed by atoms with Gasteiger partial charge in [-0.15, -0.1) is 0 Å². The molecule has 0 saturated heterocycles. The predicted molar refractivity (Wildman–Crippen MR) is 59.8 cm³/mol. The maximum Gasteiger partial charge on any atom is 0.138 e. The van der Waals surface area contributed by atoms with Gasteiger partial charge in [-0.3, -0.25) is 0 Å². The summed E-state index contributed by atoms with van der Waals surface area (Å²) < 4.78 is 0. The third-order valence-corrected chi connectivity index (χ3v) is 2.70. The Kier molecular flexibility index (Phi) is 4.89. The standard InChI is InChI=1S/C12H18O4/c13-8-4-7-11(15)12(16,9-14)10-5-2-1-3-6-10/h1-3,5-6,11,13-16H,4,7-9H2/t11-,12+/m1/s1. The van der Waals surface area contributed by atoms with E-state index in [1.807, 2.05) is 0 Å². The first-order valence-corrected chi connectivity index (χ1v) is 5.33. The van der Waals surface area contributed by atoms with Crippen LogP contribution in [-0.2, 0) is 5.60 Å². The second kappa shape index (κ2) is 5.96. The average Bonchev–Trinajstić information content (AvgIpc) is 2.35.